The number of aliphatic imine (C=N–C) groups is 1. The van der Waals surface area contributed by atoms with Crippen LogP contribution in [-0.4, -0.2) is 55.6 Å². The molecule has 0 fully saturated rings. The SMILES string of the molecule is CCNC(=NCc1cccc(NC(=O)CN(C)C)c1)NCCC(O)c1ccccc1. The molecule has 0 bridgehead atoms. The van der Waals surface area contributed by atoms with Gasteiger partial charge in [0.15, 0.2) is 5.96 Å². The molecule has 0 radical (unpaired) electrons. The van der Waals surface area contributed by atoms with Crippen LogP contribution >= 0.6 is 0 Å². The minimum absolute atomic E-state index is 0.0485. The van der Waals surface area contributed by atoms with Crippen LogP contribution in [0.4, 0.5) is 5.69 Å². The van der Waals surface area contributed by atoms with E-state index < -0.39 is 6.10 Å². The quantitative estimate of drug-likeness (QED) is 0.356. The van der Waals surface area contributed by atoms with Crippen molar-refractivity contribution in [1.29, 1.82) is 0 Å². The number of aliphatic hydroxyl groups excluding tert-OH is 1. The molecule has 162 valence electrons. The normalized spacial score (nSPS) is 12.5. The Labute approximate surface area is 179 Å². The van der Waals surface area contributed by atoms with Crippen molar-refractivity contribution in [3.8, 4) is 0 Å². The first kappa shape index (κ1) is 23.4. The standard InChI is InChI=1S/C23H33N5O2/c1-4-24-23(25-14-13-21(29)19-10-6-5-7-11-19)26-16-18-9-8-12-20(15-18)27-22(30)17-28(2)3/h5-12,15,21,29H,4,13-14,16-17H2,1-3H3,(H,27,30)(H2,24,25,26). The molecule has 0 aliphatic carbocycles. The molecular weight excluding hydrogens is 378 g/mol. The number of carbonyl (C=O) groups excluding carboxylic acids is 1. The molecule has 0 heterocycles. The summed E-state index contributed by atoms with van der Waals surface area (Å²) in [5.74, 6) is 0.646. The number of likely N-dealkylation sites (N-methyl/N-ethyl adjacent to an activating group) is 1. The van der Waals surface area contributed by atoms with Crippen LogP contribution in [0.2, 0.25) is 0 Å². The van der Waals surface area contributed by atoms with Gasteiger partial charge in [0, 0.05) is 18.8 Å². The Morgan fingerprint density at radius 3 is 2.57 bits per heavy atom. The number of amides is 1. The van der Waals surface area contributed by atoms with Gasteiger partial charge in [0.2, 0.25) is 5.91 Å². The van der Waals surface area contributed by atoms with Crippen LogP contribution in [0.1, 0.15) is 30.6 Å². The lowest BCUT2D eigenvalue weighted by molar-refractivity contribution is -0.116. The molecule has 0 aromatic heterocycles. The highest BCUT2D eigenvalue weighted by atomic mass is 16.3. The van der Waals surface area contributed by atoms with Gasteiger partial charge in [-0.05, 0) is 50.7 Å². The molecule has 0 saturated heterocycles. The number of rotatable bonds is 10. The lowest BCUT2D eigenvalue weighted by Crippen LogP contribution is -2.38. The Kier molecular flexibility index (Phi) is 9.83. The molecule has 7 heteroatoms. The molecule has 0 spiro atoms. The largest absolute Gasteiger partial charge is 0.388 e. The zero-order valence-electron chi connectivity index (χ0n) is 18.1. The van der Waals surface area contributed by atoms with E-state index in [9.17, 15) is 9.90 Å². The second-order valence-corrected chi connectivity index (χ2v) is 7.32. The fraction of sp³-hybridized carbons (Fsp3) is 0.391. The van der Waals surface area contributed by atoms with Crippen LogP contribution < -0.4 is 16.0 Å². The maximum atomic E-state index is 11.9. The summed E-state index contributed by atoms with van der Waals surface area (Å²) in [6.07, 6.45) is 0.0750. The number of nitrogens with zero attached hydrogens (tertiary/aromatic N) is 2. The molecule has 2 rings (SSSR count). The van der Waals surface area contributed by atoms with Gasteiger partial charge in [-0.3, -0.25) is 4.79 Å². The summed E-state index contributed by atoms with van der Waals surface area (Å²) in [5.41, 5.74) is 2.67. The number of benzene rings is 2. The summed E-state index contributed by atoms with van der Waals surface area (Å²) in [6.45, 7) is 4.17. The van der Waals surface area contributed by atoms with Gasteiger partial charge in [0.25, 0.3) is 0 Å². The summed E-state index contributed by atoms with van der Waals surface area (Å²) in [6, 6.07) is 17.3. The van der Waals surface area contributed by atoms with Crippen molar-refractivity contribution in [3.63, 3.8) is 0 Å². The fourth-order valence-electron chi connectivity index (χ4n) is 2.92. The van der Waals surface area contributed by atoms with E-state index in [1.165, 1.54) is 0 Å². The zero-order valence-corrected chi connectivity index (χ0v) is 18.1. The van der Waals surface area contributed by atoms with Gasteiger partial charge < -0.3 is 26.0 Å². The molecule has 0 aliphatic rings. The third-order valence-electron chi connectivity index (χ3n) is 4.33. The van der Waals surface area contributed by atoms with E-state index in [0.717, 1.165) is 23.4 Å². The smallest absolute Gasteiger partial charge is 0.238 e. The average molecular weight is 412 g/mol. The number of aliphatic hydroxyl groups is 1. The second-order valence-electron chi connectivity index (χ2n) is 7.32. The van der Waals surface area contributed by atoms with E-state index in [4.69, 9.17) is 0 Å². The number of nitrogens with one attached hydrogen (secondary N) is 3. The van der Waals surface area contributed by atoms with Gasteiger partial charge in [-0.2, -0.15) is 0 Å². The van der Waals surface area contributed by atoms with Gasteiger partial charge in [-0.25, -0.2) is 4.99 Å². The van der Waals surface area contributed by atoms with Gasteiger partial charge in [-0.15, -0.1) is 0 Å². The van der Waals surface area contributed by atoms with Crippen LogP contribution in [0.3, 0.4) is 0 Å². The molecule has 1 atom stereocenters. The van der Waals surface area contributed by atoms with Crippen LogP contribution in [-0.2, 0) is 11.3 Å². The lowest BCUT2D eigenvalue weighted by Gasteiger charge is -2.14. The van der Waals surface area contributed by atoms with E-state index >= 15 is 0 Å². The molecule has 0 aliphatic heterocycles. The van der Waals surface area contributed by atoms with Crippen molar-refractivity contribution in [2.75, 3.05) is 39.0 Å². The minimum atomic E-state index is -0.510. The molecule has 1 unspecified atom stereocenters. The predicted molar refractivity (Wildman–Crippen MR) is 122 cm³/mol. The van der Waals surface area contributed by atoms with E-state index in [-0.39, 0.29) is 5.91 Å². The Balaban J connectivity index is 1.89. The van der Waals surface area contributed by atoms with Crippen LogP contribution in [0.15, 0.2) is 59.6 Å². The highest BCUT2D eigenvalue weighted by molar-refractivity contribution is 5.92. The first-order valence-corrected chi connectivity index (χ1v) is 10.3. The van der Waals surface area contributed by atoms with Gasteiger partial charge in [0.1, 0.15) is 0 Å². The van der Waals surface area contributed by atoms with Crippen molar-refractivity contribution < 1.29 is 9.90 Å². The number of carbonyl (C=O) groups is 1. The molecule has 2 aromatic rings. The van der Waals surface area contributed by atoms with Crippen molar-refractivity contribution in [2.45, 2.75) is 26.0 Å². The van der Waals surface area contributed by atoms with Crippen molar-refractivity contribution >= 4 is 17.6 Å². The molecular formula is C23H33N5O2. The Morgan fingerprint density at radius 2 is 1.87 bits per heavy atom. The van der Waals surface area contributed by atoms with E-state index in [1.807, 2.05) is 80.5 Å². The predicted octanol–water partition coefficient (Wildman–Crippen LogP) is 2.37. The first-order valence-electron chi connectivity index (χ1n) is 10.3. The Morgan fingerprint density at radius 1 is 1.10 bits per heavy atom. The molecule has 30 heavy (non-hydrogen) atoms. The van der Waals surface area contributed by atoms with E-state index in [0.29, 0.717) is 32.0 Å². The molecule has 2 aromatic carbocycles. The van der Waals surface area contributed by atoms with Gasteiger partial charge >= 0.3 is 0 Å². The maximum absolute atomic E-state index is 11.9. The second kappa shape index (κ2) is 12.6. The summed E-state index contributed by atoms with van der Waals surface area (Å²) >= 11 is 0. The van der Waals surface area contributed by atoms with Crippen molar-refractivity contribution in [2.24, 2.45) is 4.99 Å². The minimum Gasteiger partial charge on any atom is -0.388 e. The maximum Gasteiger partial charge on any atom is 0.238 e. The van der Waals surface area contributed by atoms with E-state index in [2.05, 4.69) is 20.9 Å². The monoisotopic (exact) mass is 411 g/mol. The topological polar surface area (TPSA) is 89.0 Å². The van der Waals surface area contributed by atoms with Crippen LogP contribution in [0.5, 0.6) is 0 Å². The lowest BCUT2D eigenvalue weighted by atomic mass is 10.1. The molecule has 4 N–H and O–H groups in total. The number of hydrogen-bond donors (Lipinski definition) is 4. The van der Waals surface area contributed by atoms with Gasteiger partial charge in [0.05, 0.1) is 19.2 Å². The third-order valence-corrected chi connectivity index (χ3v) is 4.33. The fourth-order valence-corrected chi connectivity index (χ4v) is 2.92. The summed E-state index contributed by atoms with van der Waals surface area (Å²) in [7, 11) is 3.72. The number of anilines is 1. The number of hydrogen-bond acceptors (Lipinski definition) is 4. The van der Waals surface area contributed by atoms with Crippen molar-refractivity contribution in [3.05, 3.63) is 65.7 Å². The molecule has 1 amide bonds. The Bertz CT molecular complexity index is 808. The highest BCUT2D eigenvalue weighted by Crippen LogP contribution is 2.15. The summed E-state index contributed by atoms with van der Waals surface area (Å²) in [4.78, 5) is 18.4. The van der Waals surface area contributed by atoms with Crippen LogP contribution in [0, 0.1) is 0 Å². The highest BCUT2D eigenvalue weighted by Gasteiger charge is 2.07. The average Bonchev–Trinajstić information content (AvgIpc) is 2.72. The van der Waals surface area contributed by atoms with Crippen LogP contribution in [0.25, 0.3) is 0 Å². The molecule has 7 nitrogen and oxygen atoms in total. The third kappa shape index (κ3) is 8.63. The summed E-state index contributed by atoms with van der Waals surface area (Å²) < 4.78 is 0. The first-order chi connectivity index (χ1) is 14.5. The molecule has 0 saturated carbocycles. The number of guanidine groups is 1. The van der Waals surface area contributed by atoms with E-state index in [1.54, 1.807) is 0 Å². The van der Waals surface area contributed by atoms with Crippen molar-refractivity contribution in [1.82, 2.24) is 15.5 Å². The van der Waals surface area contributed by atoms with Gasteiger partial charge in [-0.1, -0.05) is 42.5 Å². The summed E-state index contributed by atoms with van der Waals surface area (Å²) in [5, 5.41) is 19.7. The Hall–Kier alpha value is -2.90. The zero-order chi connectivity index (χ0) is 21.8.